The fraction of sp³-hybridized carbons (Fsp3) is 0.214. The number of nitrogens with zero attached hydrogens (tertiary/aromatic N) is 5. The molecule has 1 heterocycles. The third-order valence-electron chi connectivity index (χ3n) is 3.02. The van der Waals surface area contributed by atoms with Gasteiger partial charge in [0.05, 0.1) is 17.7 Å². The number of rotatable bonds is 5. The first-order valence-electron chi connectivity index (χ1n) is 6.37. The summed E-state index contributed by atoms with van der Waals surface area (Å²) in [5, 5.41) is 29.0. The summed E-state index contributed by atoms with van der Waals surface area (Å²) in [4.78, 5) is 14.3. The van der Waals surface area contributed by atoms with Crippen LogP contribution < -0.4 is 4.74 Å². The molecule has 110 valence electrons. The number of imidazole rings is 1. The van der Waals surface area contributed by atoms with Crippen molar-refractivity contribution in [1.82, 2.24) is 9.55 Å². The van der Waals surface area contributed by atoms with Crippen LogP contribution in [0.15, 0.2) is 24.4 Å². The quantitative estimate of drug-likeness (QED) is 0.616. The van der Waals surface area contributed by atoms with Crippen LogP contribution in [0.25, 0.3) is 0 Å². The van der Waals surface area contributed by atoms with Gasteiger partial charge in [0.1, 0.15) is 18.3 Å². The van der Waals surface area contributed by atoms with Gasteiger partial charge < -0.3 is 14.9 Å². The van der Waals surface area contributed by atoms with E-state index in [1.54, 1.807) is 13.0 Å². The molecule has 1 aromatic heterocycles. The Balaban J connectivity index is 2.31. The number of benzene rings is 1. The van der Waals surface area contributed by atoms with Crippen LogP contribution in [0.5, 0.6) is 5.75 Å². The van der Waals surface area contributed by atoms with Gasteiger partial charge in [-0.3, -0.25) is 0 Å². The zero-order chi connectivity index (χ0) is 16.1. The van der Waals surface area contributed by atoms with E-state index in [4.69, 9.17) is 15.3 Å². The summed E-state index contributed by atoms with van der Waals surface area (Å²) in [5.74, 6) is 0.377. The van der Waals surface area contributed by atoms with Gasteiger partial charge >= 0.3 is 5.82 Å². The highest BCUT2D eigenvalue weighted by molar-refractivity contribution is 5.53. The van der Waals surface area contributed by atoms with Crippen molar-refractivity contribution in [2.45, 2.75) is 20.1 Å². The Kier molecular flexibility index (Phi) is 4.35. The Labute approximate surface area is 126 Å². The number of nitro groups is 1. The van der Waals surface area contributed by atoms with Crippen LogP contribution in [0.2, 0.25) is 0 Å². The first kappa shape index (κ1) is 15.0. The lowest BCUT2D eigenvalue weighted by molar-refractivity contribution is -0.392. The minimum absolute atomic E-state index is 0.0744. The maximum absolute atomic E-state index is 10.9. The van der Waals surface area contributed by atoms with Crippen LogP contribution >= 0.6 is 0 Å². The summed E-state index contributed by atoms with van der Waals surface area (Å²) < 4.78 is 6.92. The molecule has 0 atom stereocenters. The maximum atomic E-state index is 10.9. The van der Waals surface area contributed by atoms with E-state index in [-0.39, 0.29) is 29.3 Å². The van der Waals surface area contributed by atoms with E-state index in [1.165, 1.54) is 16.7 Å². The van der Waals surface area contributed by atoms with Gasteiger partial charge in [0.25, 0.3) is 0 Å². The third-order valence-corrected chi connectivity index (χ3v) is 3.02. The number of para-hydroxylation sites is 1. The van der Waals surface area contributed by atoms with Crippen LogP contribution in [0.4, 0.5) is 5.82 Å². The molecular formula is C14H11N5O3. The highest BCUT2D eigenvalue weighted by atomic mass is 16.6. The first-order chi connectivity index (χ1) is 10.6. The molecule has 0 aliphatic carbocycles. The SMILES string of the molecule is CCn1c([N+](=O)[O-])cnc1COc1c(C#N)cccc1C#N. The van der Waals surface area contributed by atoms with Crippen molar-refractivity contribution in [2.24, 2.45) is 0 Å². The minimum Gasteiger partial charge on any atom is -0.481 e. The summed E-state index contributed by atoms with van der Waals surface area (Å²) in [7, 11) is 0. The average molecular weight is 297 g/mol. The molecule has 22 heavy (non-hydrogen) atoms. The molecule has 8 nitrogen and oxygen atoms in total. The number of ether oxygens (including phenoxy) is 1. The predicted molar refractivity (Wildman–Crippen MR) is 74.8 cm³/mol. The molecule has 0 unspecified atom stereocenters. The molecule has 0 spiro atoms. The molecule has 0 N–H and O–H groups in total. The van der Waals surface area contributed by atoms with Gasteiger partial charge in [-0.15, -0.1) is 0 Å². The fourth-order valence-corrected chi connectivity index (χ4v) is 2.01. The van der Waals surface area contributed by atoms with Crippen LogP contribution in [0, 0.1) is 32.8 Å². The molecule has 0 aliphatic heterocycles. The number of hydrogen-bond donors (Lipinski definition) is 0. The maximum Gasteiger partial charge on any atom is 0.342 e. The van der Waals surface area contributed by atoms with Gasteiger partial charge in [-0.2, -0.15) is 10.5 Å². The van der Waals surface area contributed by atoms with E-state index in [0.29, 0.717) is 12.4 Å². The van der Waals surface area contributed by atoms with Crippen molar-refractivity contribution in [2.75, 3.05) is 0 Å². The van der Waals surface area contributed by atoms with Crippen LogP contribution in [-0.4, -0.2) is 14.5 Å². The standard InChI is InChI=1S/C14H11N5O3/c1-2-18-12(17-8-13(18)19(20)21)9-22-14-10(6-15)4-3-5-11(14)7-16/h3-5,8H,2,9H2,1H3. The third kappa shape index (κ3) is 2.72. The van der Waals surface area contributed by atoms with Crippen LogP contribution in [0.1, 0.15) is 23.9 Å². The summed E-state index contributed by atoms with van der Waals surface area (Å²) >= 11 is 0. The summed E-state index contributed by atoms with van der Waals surface area (Å²) in [6.07, 6.45) is 1.16. The predicted octanol–water partition coefficient (Wildman–Crippen LogP) is 2.13. The van der Waals surface area contributed by atoms with Gasteiger partial charge in [0.15, 0.2) is 12.4 Å². The van der Waals surface area contributed by atoms with E-state index < -0.39 is 4.92 Å². The largest absolute Gasteiger partial charge is 0.481 e. The Morgan fingerprint density at radius 3 is 2.50 bits per heavy atom. The molecule has 0 saturated heterocycles. The Bertz CT molecular complexity index is 766. The molecule has 2 aromatic rings. The average Bonchev–Trinajstić information content (AvgIpc) is 2.95. The molecule has 2 rings (SSSR count). The lowest BCUT2D eigenvalue weighted by Crippen LogP contribution is -2.09. The van der Waals surface area contributed by atoms with Crippen molar-refractivity contribution in [3.63, 3.8) is 0 Å². The van der Waals surface area contributed by atoms with Crippen molar-refractivity contribution in [1.29, 1.82) is 10.5 Å². The van der Waals surface area contributed by atoms with Crippen molar-refractivity contribution in [3.05, 3.63) is 51.5 Å². The minimum atomic E-state index is -0.524. The monoisotopic (exact) mass is 297 g/mol. The lowest BCUT2D eigenvalue weighted by Gasteiger charge is -2.08. The zero-order valence-corrected chi connectivity index (χ0v) is 11.7. The Hall–Kier alpha value is -3.39. The molecule has 0 aliphatic rings. The van der Waals surface area contributed by atoms with Crippen molar-refractivity contribution in [3.8, 4) is 17.9 Å². The van der Waals surface area contributed by atoms with E-state index >= 15 is 0 Å². The van der Waals surface area contributed by atoms with Gasteiger partial charge in [-0.05, 0) is 24.0 Å². The number of nitriles is 2. The number of hydrogen-bond acceptors (Lipinski definition) is 6. The topological polar surface area (TPSA) is 118 Å². The van der Waals surface area contributed by atoms with Crippen LogP contribution in [-0.2, 0) is 13.2 Å². The van der Waals surface area contributed by atoms with Gasteiger partial charge in [-0.1, -0.05) is 6.07 Å². The van der Waals surface area contributed by atoms with Gasteiger partial charge in [-0.25, -0.2) is 9.55 Å². The Morgan fingerprint density at radius 1 is 1.36 bits per heavy atom. The zero-order valence-electron chi connectivity index (χ0n) is 11.7. The van der Waals surface area contributed by atoms with Crippen molar-refractivity contribution < 1.29 is 9.66 Å². The van der Waals surface area contributed by atoms with Crippen LogP contribution in [0.3, 0.4) is 0 Å². The summed E-state index contributed by atoms with van der Waals surface area (Å²) in [5.41, 5.74) is 0.450. The molecule has 0 bridgehead atoms. The first-order valence-corrected chi connectivity index (χ1v) is 6.37. The Morgan fingerprint density at radius 2 is 2.00 bits per heavy atom. The normalized spacial score (nSPS) is 9.77. The molecule has 0 fully saturated rings. The summed E-state index contributed by atoms with van der Waals surface area (Å²) in [6, 6.07) is 8.54. The molecule has 0 amide bonds. The molecule has 0 saturated carbocycles. The number of aromatic nitrogens is 2. The smallest absolute Gasteiger partial charge is 0.342 e. The highest BCUT2D eigenvalue weighted by Gasteiger charge is 2.20. The molecule has 8 heteroatoms. The molecule has 0 radical (unpaired) electrons. The van der Waals surface area contributed by atoms with E-state index in [1.807, 2.05) is 12.1 Å². The molecular weight excluding hydrogens is 286 g/mol. The highest BCUT2D eigenvalue weighted by Crippen LogP contribution is 2.24. The summed E-state index contributed by atoms with van der Waals surface area (Å²) in [6.45, 7) is 2.04. The molecule has 1 aromatic carbocycles. The van der Waals surface area contributed by atoms with E-state index in [0.717, 1.165) is 6.20 Å². The lowest BCUT2D eigenvalue weighted by atomic mass is 10.1. The van der Waals surface area contributed by atoms with Gasteiger partial charge in [0, 0.05) is 0 Å². The van der Waals surface area contributed by atoms with Gasteiger partial charge in [0.2, 0.25) is 5.82 Å². The second-order valence-corrected chi connectivity index (χ2v) is 4.23. The van der Waals surface area contributed by atoms with E-state index in [2.05, 4.69) is 4.98 Å². The second kappa shape index (κ2) is 6.37. The fourth-order valence-electron chi connectivity index (χ4n) is 2.01. The second-order valence-electron chi connectivity index (χ2n) is 4.23. The van der Waals surface area contributed by atoms with Crippen molar-refractivity contribution >= 4 is 5.82 Å². The van der Waals surface area contributed by atoms with E-state index in [9.17, 15) is 10.1 Å².